The molecule has 3 rings (SSSR count). The average Bonchev–Trinajstić information content (AvgIpc) is 2.49. The summed E-state index contributed by atoms with van der Waals surface area (Å²) in [6, 6.07) is 3.99. The number of pyridine rings is 1. The van der Waals surface area contributed by atoms with Crippen LogP contribution in [0, 0.1) is 0 Å². The molecule has 6 heteroatoms. The largest absolute Gasteiger partial charge is 0.378 e. The Hall–Kier alpha value is -2.21. The lowest BCUT2D eigenvalue weighted by atomic mass is 10.1. The van der Waals surface area contributed by atoms with Crippen LogP contribution in [0.1, 0.15) is 0 Å². The number of rotatable bonds is 2. The molecule has 19 heavy (non-hydrogen) atoms. The number of ether oxygens (including phenoxy) is 1. The molecule has 0 saturated carbocycles. The van der Waals surface area contributed by atoms with Gasteiger partial charge in [-0.2, -0.15) is 0 Å². The lowest BCUT2D eigenvalue weighted by molar-refractivity contribution is 0.122. The van der Waals surface area contributed by atoms with E-state index in [1.807, 2.05) is 12.1 Å². The monoisotopic (exact) mass is 257 g/mol. The van der Waals surface area contributed by atoms with Gasteiger partial charge in [0, 0.05) is 37.2 Å². The van der Waals surface area contributed by atoms with E-state index in [0.29, 0.717) is 0 Å². The second-order valence-electron chi connectivity index (χ2n) is 4.33. The number of nitrogens with two attached hydrogens (primary N) is 1. The zero-order valence-corrected chi connectivity index (χ0v) is 10.5. The third-order valence-electron chi connectivity index (χ3n) is 3.09. The summed E-state index contributed by atoms with van der Waals surface area (Å²) < 4.78 is 5.35. The fraction of sp³-hybridized carbons (Fsp3) is 0.308. The molecule has 98 valence electrons. The SMILES string of the molecule is Nc1ncc(-c2ccnc(N3CCOCC3)c2)cn1. The van der Waals surface area contributed by atoms with E-state index in [1.54, 1.807) is 18.6 Å². The Bertz CT molecular complexity index is 551. The summed E-state index contributed by atoms with van der Waals surface area (Å²) >= 11 is 0. The van der Waals surface area contributed by atoms with Gasteiger partial charge in [-0.15, -0.1) is 0 Å². The van der Waals surface area contributed by atoms with Gasteiger partial charge < -0.3 is 15.4 Å². The third-order valence-corrected chi connectivity index (χ3v) is 3.09. The summed E-state index contributed by atoms with van der Waals surface area (Å²) in [5.41, 5.74) is 7.47. The molecule has 0 aliphatic carbocycles. The van der Waals surface area contributed by atoms with E-state index in [1.165, 1.54) is 0 Å². The summed E-state index contributed by atoms with van der Waals surface area (Å²) in [4.78, 5) is 14.6. The van der Waals surface area contributed by atoms with Crippen molar-refractivity contribution in [1.82, 2.24) is 15.0 Å². The Kier molecular flexibility index (Phi) is 3.24. The molecule has 1 saturated heterocycles. The first kappa shape index (κ1) is 11.9. The highest BCUT2D eigenvalue weighted by molar-refractivity contribution is 5.65. The number of nitrogens with zero attached hydrogens (tertiary/aromatic N) is 4. The van der Waals surface area contributed by atoms with E-state index in [4.69, 9.17) is 10.5 Å². The van der Waals surface area contributed by atoms with Crippen LogP contribution in [-0.2, 0) is 4.74 Å². The molecule has 2 N–H and O–H groups in total. The van der Waals surface area contributed by atoms with E-state index >= 15 is 0 Å². The molecule has 0 spiro atoms. The van der Waals surface area contributed by atoms with E-state index in [-0.39, 0.29) is 5.95 Å². The molecule has 2 aromatic heterocycles. The van der Waals surface area contributed by atoms with Gasteiger partial charge in [-0.3, -0.25) is 0 Å². The summed E-state index contributed by atoms with van der Waals surface area (Å²) in [6.45, 7) is 3.23. The molecule has 0 atom stereocenters. The predicted molar refractivity (Wildman–Crippen MR) is 72.7 cm³/mol. The number of morpholine rings is 1. The van der Waals surface area contributed by atoms with E-state index in [0.717, 1.165) is 43.2 Å². The molecule has 0 unspecified atom stereocenters. The molecule has 1 fully saturated rings. The van der Waals surface area contributed by atoms with Gasteiger partial charge in [0.15, 0.2) is 0 Å². The first-order chi connectivity index (χ1) is 9.33. The maximum Gasteiger partial charge on any atom is 0.219 e. The lowest BCUT2D eigenvalue weighted by Crippen LogP contribution is -2.36. The fourth-order valence-corrected chi connectivity index (χ4v) is 2.05. The Morgan fingerprint density at radius 1 is 1.05 bits per heavy atom. The summed E-state index contributed by atoms with van der Waals surface area (Å²) in [5, 5.41) is 0. The molecule has 0 bridgehead atoms. The van der Waals surface area contributed by atoms with Crippen molar-refractivity contribution in [2.24, 2.45) is 0 Å². The Morgan fingerprint density at radius 3 is 2.53 bits per heavy atom. The fourth-order valence-electron chi connectivity index (χ4n) is 2.05. The maximum absolute atomic E-state index is 5.49. The van der Waals surface area contributed by atoms with Crippen LogP contribution in [0.2, 0.25) is 0 Å². The molecule has 2 aromatic rings. The van der Waals surface area contributed by atoms with Gasteiger partial charge in [0.2, 0.25) is 5.95 Å². The number of hydrogen-bond acceptors (Lipinski definition) is 6. The van der Waals surface area contributed by atoms with E-state index < -0.39 is 0 Å². The highest BCUT2D eigenvalue weighted by Crippen LogP contribution is 2.22. The molecule has 1 aliphatic heterocycles. The molecule has 1 aliphatic rings. The average molecular weight is 257 g/mol. The second-order valence-corrected chi connectivity index (χ2v) is 4.33. The van der Waals surface area contributed by atoms with Crippen molar-refractivity contribution in [1.29, 1.82) is 0 Å². The smallest absolute Gasteiger partial charge is 0.219 e. The van der Waals surface area contributed by atoms with Crippen LogP contribution in [0.5, 0.6) is 0 Å². The molecular formula is C13H15N5O. The third kappa shape index (κ3) is 2.63. The first-order valence-corrected chi connectivity index (χ1v) is 6.19. The van der Waals surface area contributed by atoms with Gasteiger partial charge in [-0.05, 0) is 17.7 Å². The van der Waals surface area contributed by atoms with Crippen LogP contribution >= 0.6 is 0 Å². The van der Waals surface area contributed by atoms with Crippen molar-refractivity contribution < 1.29 is 4.74 Å². The van der Waals surface area contributed by atoms with Gasteiger partial charge in [-0.25, -0.2) is 15.0 Å². The van der Waals surface area contributed by atoms with Crippen molar-refractivity contribution in [3.05, 3.63) is 30.7 Å². The summed E-state index contributed by atoms with van der Waals surface area (Å²) in [7, 11) is 0. The second kappa shape index (κ2) is 5.19. The van der Waals surface area contributed by atoms with Crippen molar-refractivity contribution in [3.8, 4) is 11.1 Å². The summed E-state index contributed by atoms with van der Waals surface area (Å²) in [6.07, 6.45) is 5.25. The van der Waals surface area contributed by atoms with Gasteiger partial charge in [0.05, 0.1) is 13.2 Å². The number of hydrogen-bond donors (Lipinski definition) is 1. The predicted octanol–water partition coefficient (Wildman–Crippen LogP) is 0.957. The Labute approximate surface area is 111 Å². The van der Waals surface area contributed by atoms with E-state index in [9.17, 15) is 0 Å². The zero-order chi connectivity index (χ0) is 13.1. The molecule has 0 amide bonds. The Balaban J connectivity index is 1.88. The zero-order valence-electron chi connectivity index (χ0n) is 10.5. The van der Waals surface area contributed by atoms with Gasteiger partial charge >= 0.3 is 0 Å². The van der Waals surface area contributed by atoms with Crippen LogP contribution < -0.4 is 10.6 Å². The van der Waals surface area contributed by atoms with Crippen LogP contribution in [0.4, 0.5) is 11.8 Å². The quantitative estimate of drug-likeness (QED) is 0.863. The van der Waals surface area contributed by atoms with Crippen LogP contribution in [0.15, 0.2) is 30.7 Å². The van der Waals surface area contributed by atoms with Gasteiger partial charge in [0.1, 0.15) is 5.82 Å². The van der Waals surface area contributed by atoms with Crippen molar-refractivity contribution in [2.75, 3.05) is 36.9 Å². The van der Waals surface area contributed by atoms with Crippen molar-refractivity contribution >= 4 is 11.8 Å². The molecule has 3 heterocycles. The first-order valence-electron chi connectivity index (χ1n) is 6.19. The van der Waals surface area contributed by atoms with E-state index in [2.05, 4.69) is 19.9 Å². The van der Waals surface area contributed by atoms with Crippen LogP contribution in [0.3, 0.4) is 0 Å². The number of aromatic nitrogens is 3. The summed E-state index contributed by atoms with van der Waals surface area (Å²) in [5.74, 6) is 1.24. The molecule has 6 nitrogen and oxygen atoms in total. The van der Waals surface area contributed by atoms with Crippen LogP contribution in [0.25, 0.3) is 11.1 Å². The standard InChI is InChI=1S/C13H15N5O/c14-13-16-8-11(9-17-13)10-1-2-15-12(7-10)18-3-5-19-6-4-18/h1-2,7-9H,3-6H2,(H2,14,16,17). The minimum atomic E-state index is 0.284. The lowest BCUT2D eigenvalue weighted by Gasteiger charge is -2.28. The molecule has 0 aromatic carbocycles. The number of nitrogen functional groups attached to an aromatic ring is 1. The molecular weight excluding hydrogens is 242 g/mol. The van der Waals surface area contributed by atoms with Crippen molar-refractivity contribution in [2.45, 2.75) is 0 Å². The van der Waals surface area contributed by atoms with Gasteiger partial charge in [0.25, 0.3) is 0 Å². The normalized spacial score (nSPS) is 15.5. The van der Waals surface area contributed by atoms with Gasteiger partial charge in [-0.1, -0.05) is 0 Å². The Morgan fingerprint density at radius 2 is 1.79 bits per heavy atom. The van der Waals surface area contributed by atoms with Crippen molar-refractivity contribution in [3.63, 3.8) is 0 Å². The van der Waals surface area contributed by atoms with Crippen LogP contribution in [-0.4, -0.2) is 41.3 Å². The number of anilines is 2. The topological polar surface area (TPSA) is 77.2 Å². The molecule has 0 radical (unpaired) electrons. The highest BCUT2D eigenvalue weighted by Gasteiger charge is 2.13. The minimum absolute atomic E-state index is 0.284. The minimum Gasteiger partial charge on any atom is -0.378 e. The highest BCUT2D eigenvalue weighted by atomic mass is 16.5. The maximum atomic E-state index is 5.49.